The average molecular weight is 493 g/mol. The van der Waals surface area contributed by atoms with Crippen LogP contribution in [-0.4, -0.2) is 21.6 Å². The van der Waals surface area contributed by atoms with Crippen LogP contribution in [0, 0.1) is 6.92 Å². The molecule has 8 nitrogen and oxygen atoms in total. The van der Waals surface area contributed by atoms with Gasteiger partial charge >= 0.3 is 0 Å². The summed E-state index contributed by atoms with van der Waals surface area (Å²) in [6.07, 6.45) is 3.17. The van der Waals surface area contributed by atoms with Gasteiger partial charge in [-0.3, -0.25) is 14.3 Å². The van der Waals surface area contributed by atoms with Crippen LogP contribution in [0.1, 0.15) is 44.7 Å². The summed E-state index contributed by atoms with van der Waals surface area (Å²) in [6, 6.07) is 16.0. The van der Waals surface area contributed by atoms with E-state index in [4.69, 9.17) is 20.8 Å². The second-order valence-corrected chi connectivity index (χ2v) is 8.30. The summed E-state index contributed by atoms with van der Waals surface area (Å²) in [5.74, 6) is 0.572. The molecule has 0 saturated heterocycles. The lowest BCUT2D eigenvalue weighted by Gasteiger charge is -2.11. The van der Waals surface area contributed by atoms with Crippen LogP contribution in [0.4, 0.5) is 5.69 Å². The first kappa shape index (κ1) is 24.1. The molecule has 2 amide bonds. The van der Waals surface area contributed by atoms with E-state index < -0.39 is 5.91 Å². The molecule has 35 heavy (non-hydrogen) atoms. The van der Waals surface area contributed by atoms with E-state index in [-0.39, 0.29) is 24.8 Å². The predicted molar refractivity (Wildman–Crippen MR) is 133 cm³/mol. The number of nitrogens with one attached hydrogen (secondary N) is 2. The molecule has 0 bridgehead atoms. The number of hydrogen-bond donors (Lipinski definition) is 2. The summed E-state index contributed by atoms with van der Waals surface area (Å²) in [5.41, 5.74) is 2.65. The highest BCUT2D eigenvalue weighted by Gasteiger charge is 2.19. The van der Waals surface area contributed by atoms with Gasteiger partial charge in [0.2, 0.25) is 0 Å². The smallest absolute Gasteiger partial charge is 0.274 e. The lowest BCUT2D eigenvalue weighted by atomic mass is 10.1. The Labute approximate surface area is 207 Å². The van der Waals surface area contributed by atoms with Gasteiger partial charge in [-0.1, -0.05) is 23.7 Å². The Kier molecular flexibility index (Phi) is 7.52. The topological polar surface area (TPSA) is 98.4 Å². The quantitative estimate of drug-likeness (QED) is 0.334. The Morgan fingerprint density at radius 2 is 1.97 bits per heavy atom. The maximum atomic E-state index is 13.0. The van der Waals surface area contributed by atoms with Crippen LogP contribution in [0.25, 0.3) is 0 Å². The molecule has 0 aliphatic carbocycles. The zero-order valence-electron chi connectivity index (χ0n) is 19.4. The number of nitrogens with zero attached hydrogens (tertiary/aromatic N) is 2. The molecule has 2 aromatic carbocycles. The van der Waals surface area contributed by atoms with Gasteiger partial charge in [-0.15, -0.1) is 0 Å². The Morgan fingerprint density at radius 1 is 1.11 bits per heavy atom. The zero-order valence-corrected chi connectivity index (χ0v) is 20.1. The molecule has 0 aliphatic rings. The van der Waals surface area contributed by atoms with Crippen molar-refractivity contribution in [3.63, 3.8) is 0 Å². The third-order valence-electron chi connectivity index (χ3n) is 5.27. The minimum absolute atomic E-state index is 0.129. The molecule has 4 aromatic rings. The summed E-state index contributed by atoms with van der Waals surface area (Å²) < 4.78 is 12.7. The summed E-state index contributed by atoms with van der Waals surface area (Å²) in [6.45, 7) is 4.87. The van der Waals surface area contributed by atoms with Crippen LogP contribution < -0.4 is 15.4 Å². The molecule has 2 heterocycles. The number of hydrogen-bond acceptors (Lipinski definition) is 5. The first-order chi connectivity index (χ1) is 16.9. The van der Waals surface area contributed by atoms with Gasteiger partial charge in [-0.25, -0.2) is 0 Å². The standard InChI is InChI=1S/C26H25ClN4O4/c1-3-31-15-22(24(30-31)26(33)28-14-21-8-5-11-34-21)29-25(32)19-7-4-6-18(13-19)16-35-23-10-9-20(27)12-17(23)2/h4-13,15H,3,14,16H2,1-2H3,(H,28,33)(H,29,32). The number of ether oxygens (including phenoxy) is 1. The van der Waals surface area contributed by atoms with Crippen molar-refractivity contribution < 1.29 is 18.7 Å². The maximum Gasteiger partial charge on any atom is 0.274 e. The Hall–Kier alpha value is -4.04. The van der Waals surface area contributed by atoms with Gasteiger partial charge in [0.25, 0.3) is 11.8 Å². The first-order valence-electron chi connectivity index (χ1n) is 11.1. The second-order valence-electron chi connectivity index (χ2n) is 7.86. The molecule has 4 rings (SSSR count). The molecule has 180 valence electrons. The molecule has 0 aliphatic heterocycles. The highest BCUT2D eigenvalue weighted by molar-refractivity contribution is 6.30. The molecule has 2 N–H and O–H groups in total. The first-order valence-corrected chi connectivity index (χ1v) is 11.5. The molecule has 0 radical (unpaired) electrons. The van der Waals surface area contributed by atoms with Crippen molar-refractivity contribution in [2.45, 2.75) is 33.5 Å². The number of anilines is 1. The number of halogens is 1. The summed E-state index contributed by atoms with van der Waals surface area (Å²) in [5, 5.41) is 10.5. The number of carbonyl (C=O) groups excluding carboxylic acids is 2. The van der Waals surface area contributed by atoms with E-state index in [0.717, 1.165) is 16.9 Å². The van der Waals surface area contributed by atoms with Crippen LogP contribution in [-0.2, 0) is 19.7 Å². The van der Waals surface area contributed by atoms with Crippen LogP contribution in [0.15, 0.2) is 71.5 Å². The summed E-state index contributed by atoms with van der Waals surface area (Å²) in [4.78, 5) is 25.7. The van der Waals surface area contributed by atoms with Crippen LogP contribution in [0.3, 0.4) is 0 Å². The number of benzene rings is 2. The largest absolute Gasteiger partial charge is 0.489 e. The minimum atomic E-state index is -0.413. The predicted octanol–water partition coefficient (Wildman–Crippen LogP) is 5.22. The number of rotatable bonds is 9. The molecule has 0 atom stereocenters. The molecule has 2 aromatic heterocycles. The van der Waals surface area contributed by atoms with Gasteiger partial charge in [-0.05, 0) is 67.4 Å². The summed E-state index contributed by atoms with van der Waals surface area (Å²) >= 11 is 6.00. The third kappa shape index (κ3) is 6.10. The van der Waals surface area contributed by atoms with E-state index in [9.17, 15) is 9.59 Å². The fourth-order valence-electron chi connectivity index (χ4n) is 3.44. The molecule has 9 heteroatoms. The van der Waals surface area contributed by atoms with E-state index in [1.165, 1.54) is 6.26 Å². The van der Waals surface area contributed by atoms with Crippen molar-refractivity contribution in [3.8, 4) is 5.75 Å². The molecule has 0 spiro atoms. The average Bonchev–Trinajstić information content (AvgIpc) is 3.52. The van der Waals surface area contributed by atoms with Crippen molar-refractivity contribution >= 4 is 29.1 Å². The van der Waals surface area contributed by atoms with Crippen molar-refractivity contribution in [1.29, 1.82) is 0 Å². The Bertz CT molecular complexity index is 1330. The minimum Gasteiger partial charge on any atom is -0.489 e. The fraction of sp³-hybridized carbons (Fsp3) is 0.192. The number of amides is 2. The lowest BCUT2D eigenvalue weighted by Crippen LogP contribution is -2.25. The monoisotopic (exact) mass is 492 g/mol. The Morgan fingerprint density at radius 3 is 2.71 bits per heavy atom. The van der Waals surface area contributed by atoms with Crippen molar-refractivity contribution in [1.82, 2.24) is 15.1 Å². The molecule has 0 fully saturated rings. The number of aromatic nitrogens is 2. The van der Waals surface area contributed by atoms with Gasteiger partial charge < -0.3 is 19.8 Å². The number of aryl methyl sites for hydroxylation is 2. The van der Waals surface area contributed by atoms with E-state index in [0.29, 0.717) is 28.6 Å². The van der Waals surface area contributed by atoms with Gasteiger partial charge in [0.05, 0.1) is 18.5 Å². The van der Waals surface area contributed by atoms with E-state index in [2.05, 4.69) is 15.7 Å². The maximum absolute atomic E-state index is 13.0. The lowest BCUT2D eigenvalue weighted by molar-refractivity contribution is 0.0943. The van der Waals surface area contributed by atoms with E-state index >= 15 is 0 Å². The second kappa shape index (κ2) is 10.9. The van der Waals surface area contributed by atoms with Crippen molar-refractivity contribution in [2.24, 2.45) is 0 Å². The van der Waals surface area contributed by atoms with E-state index in [1.807, 2.05) is 32.0 Å². The van der Waals surface area contributed by atoms with E-state index in [1.54, 1.807) is 47.3 Å². The van der Waals surface area contributed by atoms with Gasteiger partial charge in [0, 0.05) is 23.3 Å². The van der Waals surface area contributed by atoms with Gasteiger partial charge in [0.1, 0.15) is 18.1 Å². The van der Waals surface area contributed by atoms with Gasteiger partial charge in [-0.2, -0.15) is 5.10 Å². The molecular formula is C26H25ClN4O4. The van der Waals surface area contributed by atoms with Gasteiger partial charge in [0.15, 0.2) is 5.69 Å². The van der Waals surface area contributed by atoms with Crippen molar-refractivity contribution in [3.05, 3.63) is 100 Å². The SMILES string of the molecule is CCn1cc(NC(=O)c2cccc(COc3ccc(Cl)cc3C)c2)c(C(=O)NCc2ccco2)n1. The number of furan rings is 1. The highest BCUT2D eigenvalue weighted by Crippen LogP contribution is 2.23. The normalized spacial score (nSPS) is 10.7. The zero-order chi connectivity index (χ0) is 24.8. The summed E-state index contributed by atoms with van der Waals surface area (Å²) in [7, 11) is 0. The third-order valence-corrected chi connectivity index (χ3v) is 5.51. The van der Waals surface area contributed by atoms with Crippen LogP contribution >= 0.6 is 11.6 Å². The fourth-order valence-corrected chi connectivity index (χ4v) is 3.67. The van der Waals surface area contributed by atoms with Crippen LogP contribution in [0.2, 0.25) is 5.02 Å². The van der Waals surface area contributed by atoms with Crippen LogP contribution in [0.5, 0.6) is 5.75 Å². The molecule has 0 saturated carbocycles. The molecule has 0 unspecified atom stereocenters. The molecular weight excluding hydrogens is 468 g/mol. The van der Waals surface area contributed by atoms with Crippen molar-refractivity contribution in [2.75, 3.05) is 5.32 Å². The number of carbonyl (C=O) groups is 2. The highest BCUT2D eigenvalue weighted by atomic mass is 35.5. The Balaban J connectivity index is 1.44.